The van der Waals surface area contributed by atoms with Crippen LogP contribution in [0.5, 0.6) is 0 Å². The van der Waals surface area contributed by atoms with E-state index < -0.39 is 0 Å². The molecule has 0 spiro atoms. The molecule has 1 aromatic rings. The first-order chi connectivity index (χ1) is 8.66. The summed E-state index contributed by atoms with van der Waals surface area (Å²) in [6.07, 6.45) is 2.21. The summed E-state index contributed by atoms with van der Waals surface area (Å²) in [5, 5.41) is 7.09. The van der Waals surface area contributed by atoms with E-state index in [2.05, 4.69) is 10.6 Å². The second kappa shape index (κ2) is 6.41. The van der Waals surface area contributed by atoms with Crippen molar-refractivity contribution in [1.29, 1.82) is 0 Å². The van der Waals surface area contributed by atoms with E-state index in [0.717, 1.165) is 19.5 Å². The molecule has 1 amide bonds. The van der Waals surface area contributed by atoms with Crippen LogP contribution in [-0.4, -0.2) is 25.5 Å². The minimum atomic E-state index is -0.0977. The van der Waals surface area contributed by atoms with E-state index in [0.29, 0.717) is 28.1 Å². The van der Waals surface area contributed by atoms with E-state index in [4.69, 9.17) is 23.2 Å². The van der Waals surface area contributed by atoms with Gasteiger partial charge in [-0.1, -0.05) is 23.2 Å². The van der Waals surface area contributed by atoms with E-state index >= 15 is 0 Å². The minimum absolute atomic E-state index is 0.0977. The van der Waals surface area contributed by atoms with Crippen LogP contribution in [0.2, 0.25) is 10.0 Å². The lowest BCUT2D eigenvalue weighted by Gasteiger charge is -2.09. The van der Waals surface area contributed by atoms with Gasteiger partial charge in [-0.25, -0.2) is 0 Å². The van der Waals surface area contributed by atoms with Crippen LogP contribution < -0.4 is 10.6 Å². The fourth-order valence-corrected chi connectivity index (χ4v) is 2.39. The molecule has 1 unspecified atom stereocenters. The summed E-state index contributed by atoms with van der Waals surface area (Å²) >= 11 is 11.7. The van der Waals surface area contributed by atoms with Crippen LogP contribution in [0.3, 0.4) is 0 Å². The summed E-state index contributed by atoms with van der Waals surface area (Å²) in [6.45, 7) is 2.85. The number of halogens is 2. The molecule has 98 valence electrons. The molecule has 0 radical (unpaired) electrons. The van der Waals surface area contributed by atoms with Gasteiger partial charge in [0.1, 0.15) is 0 Å². The molecule has 0 saturated carbocycles. The first-order valence-electron chi connectivity index (χ1n) is 6.11. The standard InChI is InChI=1S/C13H16Cl2N2O/c14-11-2-1-10(7-12(11)15)13(18)17-6-4-9-3-5-16-8-9/h1-2,7,9,16H,3-6,8H2,(H,17,18). The van der Waals surface area contributed by atoms with Gasteiger partial charge in [-0.3, -0.25) is 4.79 Å². The zero-order valence-electron chi connectivity index (χ0n) is 10.0. The van der Waals surface area contributed by atoms with E-state index in [9.17, 15) is 4.79 Å². The van der Waals surface area contributed by atoms with E-state index in [-0.39, 0.29) is 5.91 Å². The molecule has 18 heavy (non-hydrogen) atoms. The molecule has 0 aromatic heterocycles. The lowest BCUT2D eigenvalue weighted by molar-refractivity contribution is 0.0951. The Morgan fingerprint density at radius 3 is 2.89 bits per heavy atom. The Bertz CT molecular complexity index is 431. The van der Waals surface area contributed by atoms with Gasteiger partial charge in [0.15, 0.2) is 0 Å². The highest BCUT2D eigenvalue weighted by molar-refractivity contribution is 6.42. The van der Waals surface area contributed by atoms with Crippen LogP contribution in [0.15, 0.2) is 18.2 Å². The Morgan fingerprint density at radius 2 is 2.22 bits per heavy atom. The molecular weight excluding hydrogens is 271 g/mol. The van der Waals surface area contributed by atoms with Crippen LogP contribution in [0.25, 0.3) is 0 Å². The molecule has 5 heteroatoms. The third kappa shape index (κ3) is 3.61. The number of hydrogen-bond donors (Lipinski definition) is 2. The van der Waals surface area contributed by atoms with Crippen LogP contribution in [0.1, 0.15) is 23.2 Å². The summed E-state index contributed by atoms with van der Waals surface area (Å²) in [5.74, 6) is 0.582. The molecule has 1 saturated heterocycles. The second-order valence-electron chi connectivity index (χ2n) is 4.53. The van der Waals surface area contributed by atoms with Crippen LogP contribution in [-0.2, 0) is 0 Å². The maximum Gasteiger partial charge on any atom is 0.251 e. The molecule has 1 atom stereocenters. The van der Waals surface area contributed by atoms with Crippen molar-refractivity contribution in [1.82, 2.24) is 10.6 Å². The van der Waals surface area contributed by atoms with Gasteiger partial charge in [-0.15, -0.1) is 0 Å². The van der Waals surface area contributed by atoms with E-state index in [1.54, 1.807) is 18.2 Å². The molecule has 1 heterocycles. The van der Waals surface area contributed by atoms with E-state index in [1.807, 2.05) is 0 Å². The summed E-state index contributed by atoms with van der Waals surface area (Å²) in [6, 6.07) is 4.91. The normalized spacial score (nSPS) is 18.9. The lowest BCUT2D eigenvalue weighted by atomic mass is 10.1. The molecule has 2 N–H and O–H groups in total. The fourth-order valence-electron chi connectivity index (χ4n) is 2.09. The minimum Gasteiger partial charge on any atom is -0.352 e. The van der Waals surface area contributed by atoms with Gasteiger partial charge in [0.2, 0.25) is 0 Å². The Balaban J connectivity index is 1.81. The highest BCUT2D eigenvalue weighted by Crippen LogP contribution is 2.22. The maximum absolute atomic E-state index is 11.9. The Morgan fingerprint density at radius 1 is 1.39 bits per heavy atom. The fraction of sp³-hybridized carbons (Fsp3) is 0.462. The van der Waals surface area contributed by atoms with Crippen molar-refractivity contribution < 1.29 is 4.79 Å². The topological polar surface area (TPSA) is 41.1 Å². The summed E-state index contributed by atoms with van der Waals surface area (Å²) in [7, 11) is 0. The third-order valence-electron chi connectivity index (χ3n) is 3.18. The number of benzene rings is 1. The average Bonchev–Trinajstić information content (AvgIpc) is 2.85. The number of rotatable bonds is 4. The summed E-state index contributed by atoms with van der Waals surface area (Å²) in [5.41, 5.74) is 0.550. The van der Waals surface area contributed by atoms with Crippen molar-refractivity contribution >= 4 is 29.1 Å². The van der Waals surface area contributed by atoms with Crippen molar-refractivity contribution in [3.05, 3.63) is 33.8 Å². The zero-order valence-corrected chi connectivity index (χ0v) is 11.5. The molecule has 3 nitrogen and oxygen atoms in total. The number of carbonyl (C=O) groups excluding carboxylic acids is 1. The largest absolute Gasteiger partial charge is 0.352 e. The van der Waals surface area contributed by atoms with Crippen molar-refractivity contribution in [2.24, 2.45) is 5.92 Å². The molecule has 2 rings (SSSR count). The summed E-state index contributed by atoms with van der Waals surface area (Å²) in [4.78, 5) is 11.9. The van der Waals surface area contributed by atoms with Crippen molar-refractivity contribution in [3.63, 3.8) is 0 Å². The highest BCUT2D eigenvalue weighted by Gasteiger charge is 2.14. The van der Waals surface area contributed by atoms with Crippen LogP contribution in [0, 0.1) is 5.92 Å². The SMILES string of the molecule is O=C(NCCC1CCNC1)c1ccc(Cl)c(Cl)c1. The second-order valence-corrected chi connectivity index (χ2v) is 5.35. The molecular formula is C13H16Cl2N2O. The van der Waals surface area contributed by atoms with Gasteiger partial charge in [-0.05, 0) is 50.0 Å². The Labute approximate surface area is 117 Å². The molecule has 1 aliphatic rings. The molecule has 0 aliphatic carbocycles. The van der Waals surface area contributed by atoms with Gasteiger partial charge in [0.25, 0.3) is 5.91 Å². The van der Waals surface area contributed by atoms with Gasteiger partial charge in [-0.2, -0.15) is 0 Å². The van der Waals surface area contributed by atoms with E-state index in [1.165, 1.54) is 6.42 Å². The van der Waals surface area contributed by atoms with Gasteiger partial charge in [0, 0.05) is 12.1 Å². The number of nitrogens with one attached hydrogen (secondary N) is 2. The average molecular weight is 287 g/mol. The maximum atomic E-state index is 11.9. The lowest BCUT2D eigenvalue weighted by Crippen LogP contribution is -2.26. The number of hydrogen-bond acceptors (Lipinski definition) is 2. The third-order valence-corrected chi connectivity index (χ3v) is 3.92. The Hall–Kier alpha value is -0.770. The highest BCUT2D eigenvalue weighted by atomic mass is 35.5. The van der Waals surface area contributed by atoms with Crippen LogP contribution >= 0.6 is 23.2 Å². The van der Waals surface area contributed by atoms with Crippen LogP contribution in [0.4, 0.5) is 0 Å². The first-order valence-corrected chi connectivity index (χ1v) is 6.86. The Kier molecular flexibility index (Phi) is 4.87. The first kappa shape index (κ1) is 13.7. The van der Waals surface area contributed by atoms with Gasteiger partial charge >= 0.3 is 0 Å². The number of carbonyl (C=O) groups is 1. The quantitative estimate of drug-likeness (QED) is 0.894. The predicted molar refractivity (Wildman–Crippen MR) is 74.4 cm³/mol. The van der Waals surface area contributed by atoms with Gasteiger partial charge in [0.05, 0.1) is 10.0 Å². The van der Waals surface area contributed by atoms with Crippen molar-refractivity contribution in [2.45, 2.75) is 12.8 Å². The molecule has 1 aromatic carbocycles. The summed E-state index contributed by atoms with van der Waals surface area (Å²) < 4.78 is 0. The monoisotopic (exact) mass is 286 g/mol. The smallest absolute Gasteiger partial charge is 0.251 e. The number of amides is 1. The zero-order chi connectivity index (χ0) is 13.0. The van der Waals surface area contributed by atoms with Crippen molar-refractivity contribution in [2.75, 3.05) is 19.6 Å². The molecule has 0 bridgehead atoms. The van der Waals surface area contributed by atoms with Gasteiger partial charge < -0.3 is 10.6 Å². The molecule has 1 fully saturated rings. The molecule has 1 aliphatic heterocycles. The predicted octanol–water partition coefficient (Wildman–Crippen LogP) is 2.72. The van der Waals surface area contributed by atoms with Crippen molar-refractivity contribution in [3.8, 4) is 0 Å².